The van der Waals surface area contributed by atoms with Gasteiger partial charge in [-0.3, -0.25) is 9.59 Å². The molecule has 1 atom stereocenters. The van der Waals surface area contributed by atoms with E-state index in [0.717, 1.165) is 31.2 Å². The van der Waals surface area contributed by atoms with Crippen LogP contribution in [0.3, 0.4) is 0 Å². The summed E-state index contributed by atoms with van der Waals surface area (Å²) >= 11 is 6.47. The van der Waals surface area contributed by atoms with Crippen LogP contribution in [0.5, 0.6) is 11.5 Å². The number of carbonyl (C=O) groups is 2. The van der Waals surface area contributed by atoms with Crippen molar-refractivity contribution in [3.63, 3.8) is 0 Å². The molecule has 0 saturated heterocycles. The van der Waals surface area contributed by atoms with E-state index in [1.54, 1.807) is 43.5 Å². The van der Waals surface area contributed by atoms with Crippen molar-refractivity contribution in [3.8, 4) is 11.5 Å². The summed E-state index contributed by atoms with van der Waals surface area (Å²) in [5.74, 6) is 0.453. The molecule has 8 heteroatoms. The zero-order chi connectivity index (χ0) is 25.5. The Labute approximate surface area is 216 Å². The summed E-state index contributed by atoms with van der Waals surface area (Å²) in [7, 11) is 3.09. The molecular formula is C28H31ClN2O5. The zero-order valence-electron chi connectivity index (χ0n) is 20.5. The van der Waals surface area contributed by atoms with Crippen molar-refractivity contribution in [3.05, 3.63) is 82.8 Å². The van der Waals surface area contributed by atoms with Crippen molar-refractivity contribution in [2.75, 3.05) is 14.2 Å². The highest BCUT2D eigenvalue weighted by atomic mass is 35.5. The Bertz CT molecular complexity index is 1170. The van der Waals surface area contributed by atoms with Crippen LogP contribution in [0, 0.1) is 0 Å². The van der Waals surface area contributed by atoms with Crippen LogP contribution in [0.4, 0.5) is 0 Å². The number of furan rings is 1. The molecule has 0 aliphatic heterocycles. The molecule has 36 heavy (non-hydrogen) atoms. The first-order chi connectivity index (χ1) is 17.5. The number of carbonyl (C=O) groups excluding carboxylic acids is 2. The second kappa shape index (κ2) is 12.0. The fourth-order valence-electron chi connectivity index (χ4n) is 4.66. The highest BCUT2D eigenvalue weighted by Gasteiger charge is 2.35. The van der Waals surface area contributed by atoms with E-state index in [4.69, 9.17) is 25.5 Å². The Morgan fingerprint density at radius 2 is 1.78 bits per heavy atom. The minimum atomic E-state index is -0.958. The average molecular weight is 511 g/mol. The molecule has 3 aromatic rings. The molecule has 1 fully saturated rings. The quantitative estimate of drug-likeness (QED) is 0.394. The monoisotopic (exact) mass is 510 g/mol. The van der Waals surface area contributed by atoms with E-state index < -0.39 is 11.9 Å². The van der Waals surface area contributed by atoms with Gasteiger partial charge in [0.2, 0.25) is 5.91 Å². The molecule has 1 N–H and O–H groups in total. The number of nitrogens with zero attached hydrogens (tertiary/aromatic N) is 1. The fraction of sp³-hybridized carbons (Fsp3) is 0.357. The van der Waals surface area contributed by atoms with Gasteiger partial charge in [-0.25, -0.2) is 0 Å². The molecule has 0 radical (unpaired) electrons. The maximum absolute atomic E-state index is 13.9. The summed E-state index contributed by atoms with van der Waals surface area (Å²) in [4.78, 5) is 29.2. The predicted octanol–water partition coefficient (Wildman–Crippen LogP) is 5.78. The first kappa shape index (κ1) is 25.6. The van der Waals surface area contributed by atoms with E-state index in [0.29, 0.717) is 22.1 Å². The van der Waals surface area contributed by atoms with E-state index in [1.807, 2.05) is 18.2 Å². The number of benzene rings is 2. The zero-order valence-corrected chi connectivity index (χ0v) is 21.3. The molecule has 1 aliphatic rings. The van der Waals surface area contributed by atoms with Gasteiger partial charge in [-0.2, -0.15) is 0 Å². The fourth-order valence-corrected chi connectivity index (χ4v) is 4.85. The minimum absolute atomic E-state index is 0.0646. The Morgan fingerprint density at radius 1 is 1.03 bits per heavy atom. The van der Waals surface area contributed by atoms with Crippen LogP contribution < -0.4 is 14.8 Å². The van der Waals surface area contributed by atoms with Gasteiger partial charge in [-0.15, -0.1) is 0 Å². The maximum atomic E-state index is 13.9. The SMILES string of the molecule is COc1ccc(C(C(=O)NC2CCCCC2)N(Cc2ccccc2Cl)C(=O)c2ccco2)cc1OC. The lowest BCUT2D eigenvalue weighted by Crippen LogP contribution is -2.46. The Morgan fingerprint density at radius 3 is 2.44 bits per heavy atom. The predicted molar refractivity (Wildman–Crippen MR) is 137 cm³/mol. The first-order valence-electron chi connectivity index (χ1n) is 12.1. The summed E-state index contributed by atoms with van der Waals surface area (Å²) in [6, 6.07) is 14.9. The number of amides is 2. The maximum Gasteiger partial charge on any atom is 0.290 e. The molecule has 1 aromatic heterocycles. The van der Waals surface area contributed by atoms with E-state index in [2.05, 4.69) is 5.32 Å². The molecule has 190 valence electrons. The number of ether oxygens (including phenoxy) is 2. The third-order valence-electron chi connectivity index (χ3n) is 6.53. The Balaban J connectivity index is 1.79. The van der Waals surface area contributed by atoms with Gasteiger partial charge in [-0.05, 0) is 54.3 Å². The highest BCUT2D eigenvalue weighted by Crippen LogP contribution is 2.34. The van der Waals surface area contributed by atoms with Crippen molar-refractivity contribution in [1.29, 1.82) is 0 Å². The topological polar surface area (TPSA) is 81.0 Å². The van der Waals surface area contributed by atoms with Gasteiger partial charge in [-0.1, -0.05) is 55.1 Å². The number of methoxy groups -OCH3 is 2. The third kappa shape index (κ3) is 5.85. The summed E-state index contributed by atoms with van der Waals surface area (Å²) in [5, 5.41) is 3.70. The molecule has 1 aliphatic carbocycles. The van der Waals surface area contributed by atoms with Gasteiger partial charge in [0.15, 0.2) is 17.3 Å². The van der Waals surface area contributed by atoms with Crippen LogP contribution in [0.25, 0.3) is 0 Å². The lowest BCUT2D eigenvalue weighted by molar-refractivity contribution is -0.127. The summed E-state index contributed by atoms with van der Waals surface area (Å²) in [6.45, 7) is 0.107. The van der Waals surface area contributed by atoms with Crippen molar-refractivity contribution in [2.45, 2.75) is 50.7 Å². The average Bonchev–Trinajstić information content (AvgIpc) is 3.44. The minimum Gasteiger partial charge on any atom is -0.493 e. The summed E-state index contributed by atoms with van der Waals surface area (Å²) < 4.78 is 16.3. The van der Waals surface area contributed by atoms with Gasteiger partial charge in [0.05, 0.1) is 20.5 Å². The van der Waals surface area contributed by atoms with Crippen molar-refractivity contribution >= 4 is 23.4 Å². The molecule has 2 aromatic carbocycles. The van der Waals surface area contributed by atoms with Crippen molar-refractivity contribution < 1.29 is 23.5 Å². The molecular weight excluding hydrogens is 480 g/mol. The van der Waals surface area contributed by atoms with Crippen LogP contribution >= 0.6 is 11.6 Å². The summed E-state index contributed by atoms with van der Waals surface area (Å²) in [5.41, 5.74) is 1.31. The largest absolute Gasteiger partial charge is 0.493 e. The Hall–Kier alpha value is -3.45. The number of hydrogen-bond donors (Lipinski definition) is 1. The summed E-state index contributed by atoms with van der Waals surface area (Å²) in [6.07, 6.45) is 6.58. The van der Waals surface area contributed by atoms with E-state index >= 15 is 0 Å². The molecule has 1 unspecified atom stereocenters. The van der Waals surface area contributed by atoms with Crippen LogP contribution in [0.2, 0.25) is 5.02 Å². The molecule has 1 heterocycles. The van der Waals surface area contributed by atoms with Crippen LogP contribution in [-0.2, 0) is 11.3 Å². The molecule has 0 bridgehead atoms. The number of nitrogens with one attached hydrogen (secondary N) is 1. The molecule has 7 nitrogen and oxygen atoms in total. The first-order valence-corrected chi connectivity index (χ1v) is 12.5. The normalized spacial score (nSPS) is 14.6. The van der Waals surface area contributed by atoms with Gasteiger partial charge in [0.1, 0.15) is 6.04 Å². The number of halogens is 1. The van der Waals surface area contributed by atoms with E-state index in [9.17, 15) is 9.59 Å². The lowest BCUT2D eigenvalue weighted by Gasteiger charge is -2.33. The van der Waals surface area contributed by atoms with Crippen molar-refractivity contribution in [2.24, 2.45) is 0 Å². The van der Waals surface area contributed by atoms with Gasteiger partial charge < -0.3 is 24.1 Å². The molecule has 4 rings (SSSR count). The number of hydrogen-bond acceptors (Lipinski definition) is 5. The van der Waals surface area contributed by atoms with E-state index in [-0.39, 0.29) is 24.3 Å². The molecule has 2 amide bonds. The van der Waals surface area contributed by atoms with Crippen molar-refractivity contribution in [1.82, 2.24) is 10.2 Å². The van der Waals surface area contributed by atoms with Gasteiger partial charge in [0, 0.05) is 17.6 Å². The van der Waals surface area contributed by atoms with Gasteiger partial charge in [0.25, 0.3) is 5.91 Å². The second-order valence-corrected chi connectivity index (χ2v) is 9.27. The second-order valence-electron chi connectivity index (χ2n) is 8.86. The Kier molecular flexibility index (Phi) is 8.54. The standard InChI is InChI=1S/C28H31ClN2O5/c1-34-23-15-14-19(17-25(23)35-2)26(27(32)30-21-10-4-3-5-11-21)31(28(33)24-13-8-16-36-24)18-20-9-6-7-12-22(20)29/h6-9,12-17,21,26H,3-5,10-11,18H2,1-2H3,(H,30,32). The van der Waals surface area contributed by atoms with E-state index in [1.165, 1.54) is 24.7 Å². The van der Waals surface area contributed by atoms with Crippen LogP contribution in [0.15, 0.2) is 65.3 Å². The molecule has 1 saturated carbocycles. The smallest absolute Gasteiger partial charge is 0.290 e. The lowest BCUT2D eigenvalue weighted by atomic mass is 9.94. The van der Waals surface area contributed by atoms with Crippen LogP contribution in [0.1, 0.15) is 59.8 Å². The highest BCUT2D eigenvalue weighted by molar-refractivity contribution is 6.31. The van der Waals surface area contributed by atoms with Crippen LogP contribution in [-0.4, -0.2) is 37.0 Å². The number of rotatable bonds is 9. The third-order valence-corrected chi connectivity index (χ3v) is 6.89. The van der Waals surface area contributed by atoms with Gasteiger partial charge >= 0.3 is 0 Å². The molecule has 0 spiro atoms.